The summed E-state index contributed by atoms with van der Waals surface area (Å²) in [6, 6.07) is 0. The Balaban J connectivity index is 0. The fraction of sp³-hybridized carbons (Fsp3) is 0. The van der Waals surface area contributed by atoms with Crippen LogP contribution in [0.4, 0.5) is 0 Å². The lowest BCUT2D eigenvalue weighted by Crippen LogP contribution is -0.602. The van der Waals surface area contributed by atoms with Crippen LogP contribution >= 0.6 is 18.5 Å². The Morgan fingerprint density at radius 3 is 0.750 bits per heavy atom. The highest BCUT2D eigenvalue weighted by Crippen LogP contribution is 1.55. The third-order valence-electron chi connectivity index (χ3n) is 0. The van der Waals surface area contributed by atoms with Crippen LogP contribution in [0.3, 0.4) is 0 Å². The molecule has 2 heteroatoms. The molecule has 0 aromatic heterocycles. The molecule has 0 aliphatic carbocycles. The standard InChI is InChI=1S/2CH5P/c2*1-2/h2*1H2,2H3. The van der Waals surface area contributed by atoms with Gasteiger partial charge in [-0.1, -0.05) is 0 Å². The van der Waals surface area contributed by atoms with Crippen LogP contribution in [0.5, 0.6) is 0 Å². The third-order valence-corrected chi connectivity index (χ3v) is 0. The minimum atomic E-state index is 1.61. The smallest absolute Gasteiger partial charge is 0.160 e. The lowest BCUT2D eigenvalue weighted by molar-refractivity contribution is 2.99. The van der Waals surface area contributed by atoms with Gasteiger partial charge >= 0.3 is 0 Å². The molecule has 28 valence electrons. The van der Waals surface area contributed by atoms with Crippen molar-refractivity contribution in [3.8, 4) is 0 Å². The lowest BCUT2D eigenvalue weighted by atomic mass is 12.0. The minimum Gasteiger partial charge on any atom is -0.187 e. The minimum absolute atomic E-state index is 1.61. The molecular formula is C2H10P2. The topological polar surface area (TPSA) is 0 Å². The molecule has 0 nitrogen and oxygen atoms in total. The normalized spacial score (nSPS) is 4.50. The fourth-order valence-corrected chi connectivity index (χ4v) is 0. The van der Waals surface area contributed by atoms with Crippen molar-refractivity contribution in [3.63, 3.8) is 0 Å². The van der Waals surface area contributed by atoms with Crippen LogP contribution < -0.4 is 0 Å². The van der Waals surface area contributed by atoms with Gasteiger partial charge in [-0.15, -0.1) is 0 Å². The summed E-state index contributed by atoms with van der Waals surface area (Å²) in [6.45, 7) is 6.56. The largest absolute Gasteiger partial charge is 0.187 e. The van der Waals surface area contributed by atoms with Crippen LogP contribution in [0.15, 0.2) is 0 Å². The molecule has 0 radical (unpaired) electrons. The van der Waals surface area contributed by atoms with E-state index in [4.69, 9.17) is 0 Å². The van der Waals surface area contributed by atoms with Crippen LogP contribution in [0.25, 0.3) is 0 Å². The van der Waals surface area contributed by atoms with Crippen molar-refractivity contribution in [2.45, 2.75) is 0 Å². The van der Waals surface area contributed by atoms with Gasteiger partial charge in [0, 0.05) is 0 Å². The van der Waals surface area contributed by atoms with Crippen molar-refractivity contribution in [3.05, 3.63) is 13.3 Å². The number of hydrogen-bond acceptors (Lipinski definition) is 0. The highest BCUT2D eigenvalue weighted by molar-refractivity contribution is 7.18. The van der Waals surface area contributed by atoms with Crippen molar-refractivity contribution in [2.24, 2.45) is 0 Å². The summed E-state index contributed by atoms with van der Waals surface area (Å²) >= 11 is 0. The summed E-state index contributed by atoms with van der Waals surface area (Å²) in [5.41, 5.74) is 0. The SMILES string of the molecule is [CH2-][PH3+].[CH2-][PH3+]. The van der Waals surface area contributed by atoms with E-state index in [1.165, 1.54) is 0 Å². The van der Waals surface area contributed by atoms with Crippen LogP contribution in [-0.4, -0.2) is 0 Å². The first-order valence-corrected chi connectivity index (χ1v) is 3.00. The van der Waals surface area contributed by atoms with E-state index in [2.05, 4.69) is 13.3 Å². The molecule has 0 amide bonds. The maximum Gasteiger partial charge on any atom is -0.160 e. The Morgan fingerprint density at radius 1 is 0.750 bits per heavy atom. The summed E-state index contributed by atoms with van der Waals surface area (Å²) in [5.74, 6) is 0. The molecule has 0 saturated carbocycles. The highest BCUT2D eigenvalue weighted by Gasteiger charge is 0.828. The van der Waals surface area contributed by atoms with Crippen LogP contribution in [-0.2, 0) is 0 Å². The zero-order chi connectivity index (χ0) is 4.00. The molecule has 0 aliphatic rings. The van der Waals surface area contributed by atoms with Gasteiger partial charge in [0.15, 0.2) is 0 Å². The van der Waals surface area contributed by atoms with E-state index in [9.17, 15) is 0 Å². The second kappa shape index (κ2) is 42.7. The Bertz CT molecular complexity index is 4.00. The second-order valence-electron chi connectivity index (χ2n) is 0. The molecule has 0 rings (SSSR count). The summed E-state index contributed by atoms with van der Waals surface area (Å²) in [4.78, 5) is 0. The molecule has 0 bridgehead atoms. The van der Waals surface area contributed by atoms with E-state index < -0.39 is 0 Å². The van der Waals surface area contributed by atoms with Gasteiger partial charge in [0.05, 0.1) is 0 Å². The zero-order valence-electron chi connectivity index (χ0n) is 2.83. The van der Waals surface area contributed by atoms with Crippen molar-refractivity contribution in [1.82, 2.24) is 0 Å². The fourth-order valence-electron chi connectivity index (χ4n) is 0. The molecular weight excluding hydrogens is 86.0 g/mol. The lowest BCUT2D eigenvalue weighted by Gasteiger charge is -1.17. The first-order valence-electron chi connectivity index (χ1n) is 1.000. The molecule has 0 saturated heterocycles. The summed E-state index contributed by atoms with van der Waals surface area (Å²) in [5, 5.41) is 0. The van der Waals surface area contributed by atoms with Crippen molar-refractivity contribution >= 4 is 18.5 Å². The molecule has 0 N–H and O–H groups in total. The van der Waals surface area contributed by atoms with Crippen LogP contribution in [0.1, 0.15) is 0 Å². The number of hydrogen-bond donors (Lipinski definition) is 0. The van der Waals surface area contributed by atoms with E-state index in [1.807, 2.05) is 0 Å². The predicted molar refractivity (Wildman–Crippen MR) is 32.9 cm³/mol. The number of rotatable bonds is 0. The van der Waals surface area contributed by atoms with Gasteiger partial charge < -0.3 is 0 Å². The maximum atomic E-state index is 3.28. The average Bonchev–Trinajstić information content (AvgIpc) is 1.50. The summed E-state index contributed by atoms with van der Waals surface area (Å²) < 4.78 is 0. The Labute approximate surface area is 32.8 Å². The van der Waals surface area contributed by atoms with Gasteiger partial charge in [0.25, 0.3) is 0 Å². The van der Waals surface area contributed by atoms with Gasteiger partial charge in [-0.2, -0.15) is 31.8 Å². The molecule has 0 fully saturated rings. The molecule has 0 aliphatic heterocycles. The quantitative estimate of drug-likeness (QED) is 0.308. The van der Waals surface area contributed by atoms with Crippen LogP contribution in [0, 0.1) is 13.3 Å². The summed E-state index contributed by atoms with van der Waals surface area (Å²) in [7, 11) is 3.22. The van der Waals surface area contributed by atoms with E-state index in [1.54, 1.807) is 18.5 Å². The predicted octanol–water partition coefficient (Wildman–Crippen LogP) is 0.771. The molecule has 0 spiro atoms. The first-order chi connectivity index (χ1) is 2.00. The summed E-state index contributed by atoms with van der Waals surface area (Å²) in [6.07, 6.45) is 0. The Morgan fingerprint density at radius 2 is 0.750 bits per heavy atom. The first kappa shape index (κ1) is 8.85. The maximum absolute atomic E-state index is 3.28. The van der Waals surface area contributed by atoms with E-state index >= 15 is 0 Å². The Kier molecular flexibility index (Phi) is 94.5. The van der Waals surface area contributed by atoms with Crippen molar-refractivity contribution in [2.75, 3.05) is 0 Å². The van der Waals surface area contributed by atoms with Gasteiger partial charge in [0.2, 0.25) is 0 Å². The van der Waals surface area contributed by atoms with E-state index in [0.29, 0.717) is 0 Å². The highest BCUT2D eigenvalue weighted by atomic mass is 31.0. The average molecular weight is 96.0 g/mol. The van der Waals surface area contributed by atoms with Gasteiger partial charge in [-0.25, -0.2) is 0 Å². The Hall–Kier alpha value is 0.860. The van der Waals surface area contributed by atoms with Gasteiger partial charge in [-0.3, -0.25) is 0 Å². The monoisotopic (exact) mass is 96.0 g/mol. The van der Waals surface area contributed by atoms with Crippen LogP contribution in [0.2, 0.25) is 0 Å². The zero-order valence-corrected chi connectivity index (χ0v) is 5.66. The molecule has 0 heterocycles. The molecule has 2 unspecified atom stereocenters. The molecule has 4 heavy (non-hydrogen) atoms. The third kappa shape index (κ3) is 13.4. The van der Waals surface area contributed by atoms with Gasteiger partial charge in [-0.05, 0) is 0 Å². The van der Waals surface area contributed by atoms with E-state index in [0.717, 1.165) is 0 Å². The van der Waals surface area contributed by atoms with Crippen molar-refractivity contribution in [1.29, 1.82) is 0 Å². The second-order valence-corrected chi connectivity index (χ2v) is 0. The van der Waals surface area contributed by atoms with E-state index in [-0.39, 0.29) is 0 Å². The molecule has 0 aromatic rings. The molecule has 0 aromatic carbocycles. The van der Waals surface area contributed by atoms with Crippen molar-refractivity contribution < 1.29 is 0 Å². The van der Waals surface area contributed by atoms with Gasteiger partial charge in [0.1, 0.15) is 0 Å². The molecule has 2 atom stereocenters.